The monoisotopic (exact) mass is 390 g/mol. The average Bonchev–Trinajstić information content (AvgIpc) is 2.84. The zero-order valence-electron chi connectivity index (χ0n) is 17.7. The number of halogens is 1. The molecule has 1 aliphatic carbocycles. The van der Waals surface area contributed by atoms with Gasteiger partial charge in [0.2, 0.25) is 0 Å². The Morgan fingerprint density at radius 2 is 2.04 bits per heavy atom. The van der Waals surface area contributed by atoms with E-state index in [1.165, 1.54) is 22.2 Å². The lowest BCUT2D eigenvalue weighted by atomic mass is 10.00. The number of hydrogen-bond donors (Lipinski definition) is 1. The van der Waals surface area contributed by atoms with Gasteiger partial charge >= 0.3 is 0 Å². The van der Waals surface area contributed by atoms with Gasteiger partial charge in [0.1, 0.15) is 5.83 Å². The molecular formula is C23H35FN2S. The van der Waals surface area contributed by atoms with Crippen LogP contribution in [0.2, 0.25) is 0 Å². The third kappa shape index (κ3) is 9.12. The summed E-state index contributed by atoms with van der Waals surface area (Å²) in [5.74, 6) is 0.0355. The van der Waals surface area contributed by atoms with Crippen molar-refractivity contribution in [2.24, 2.45) is 0 Å². The van der Waals surface area contributed by atoms with Gasteiger partial charge in [0.15, 0.2) is 0 Å². The van der Waals surface area contributed by atoms with E-state index in [0.29, 0.717) is 12.1 Å². The van der Waals surface area contributed by atoms with E-state index in [4.69, 9.17) is 5.41 Å². The van der Waals surface area contributed by atoms with E-state index in [-0.39, 0.29) is 0 Å². The number of fused-ring (bicyclic) bond motifs is 1. The van der Waals surface area contributed by atoms with Crippen LogP contribution in [-0.2, 0) is 6.42 Å². The Morgan fingerprint density at radius 3 is 2.52 bits per heavy atom. The molecule has 1 aromatic heterocycles. The van der Waals surface area contributed by atoms with Crippen LogP contribution in [0.5, 0.6) is 0 Å². The first-order chi connectivity index (χ1) is 12.9. The molecule has 27 heavy (non-hydrogen) atoms. The number of allylic oxidation sites excluding steroid dienone is 5. The van der Waals surface area contributed by atoms with Gasteiger partial charge in [0.05, 0.1) is 6.21 Å². The molecule has 1 aromatic rings. The van der Waals surface area contributed by atoms with Gasteiger partial charge in [-0.2, -0.15) is 0 Å². The molecule has 0 bridgehead atoms. The van der Waals surface area contributed by atoms with Crippen molar-refractivity contribution in [1.82, 2.24) is 4.90 Å². The topological polar surface area (TPSA) is 27.1 Å². The van der Waals surface area contributed by atoms with Gasteiger partial charge in [0.25, 0.3) is 0 Å². The first kappa shape index (κ1) is 25.2. The fourth-order valence-corrected chi connectivity index (χ4v) is 3.95. The van der Waals surface area contributed by atoms with Crippen molar-refractivity contribution in [3.63, 3.8) is 0 Å². The minimum absolute atomic E-state index is 0.574. The number of thiophene rings is 1. The summed E-state index contributed by atoms with van der Waals surface area (Å²) >= 11 is 1.99. The van der Waals surface area contributed by atoms with E-state index in [1.54, 1.807) is 10.4 Å². The van der Waals surface area contributed by atoms with Gasteiger partial charge in [-0.05, 0) is 49.7 Å². The van der Waals surface area contributed by atoms with Gasteiger partial charge in [0, 0.05) is 16.0 Å². The molecule has 1 heterocycles. The number of nitrogens with one attached hydrogen (secondary N) is 1. The van der Waals surface area contributed by atoms with Crippen LogP contribution in [0, 0.1) is 5.41 Å². The van der Waals surface area contributed by atoms with Crippen molar-refractivity contribution in [2.45, 2.75) is 46.5 Å². The molecule has 0 aromatic carbocycles. The zero-order valence-corrected chi connectivity index (χ0v) is 18.5. The standard InChI is InChI=1S/C16H23NS.C5H6FN.C2H6/c1-12(2)16-13-8-6-5-7-9-14(13)18-15(16)10-11-17(3)4;1-2-3-5(6)4-7;1-2/h5-6,8-9,12H,7,10-11H2,1-4H3;2-4,7H,1H2;1-2H3/b;5-3+,7-4?;. The van der Waals surface area contributed by atoms with Gasteiger partial charge < -0.3 is 10.3 Å². The van der Waals surface area contributed by atoms with Crippen LogP contribution >= 0.6 is 11.3 Å². The minimum atomic E-state index is -0.574. The fraction of sp³-hybridized carbons (Fsp3) is 0.435. The molecule has 4 heteroatoms. The van der Waals surface area contributed by atoms with Crippen molar-refractivity contribution >= 4 is 29.7 Å². The van der Waals surface area contributed by atoms with Crippen LogP contribution in [0.1, 0.15) is 50.5 Å². The maximum Gasteiger partial charge on any atom is 0.140 e. The average molecular weight is 391 g/mol. The van der Waals surface area contributed by atoms with Crippen LogP contribution in [0.25, 0.3) is 12.2 Å². The van der Waals surface area contributed by atoms with Gasteiger partial charge in [-0.15, -0.1) is 11.3 Å². The lowest BCUT2D eigenvalue weighted by Crippen LogP contribution is -2.22. The Bertz CT molecular complexity index is 752. The lowest BCUT2D eigenvalue weighted by molar-refractivity contribution is 0.414. The summed E-state index contributed by atoms with van der Waals surface area (Å²) in [6.07, 6.45) is 14.4. The number of likely N-dealkylation sites (N-methyl/N-ethyl adjacent to an activating group) is 1. The molecule has 0 amide bonds. The molecule has 0 aliphatic heterocycles. The van der Waals surface area contributed by atoms with Crippen molar-refractivity contribution in [3.8, 4) is 0 Å². The van der Waals surface area contributed by atoms with Crippen LogP contribution in [-0.4, -0.2) is 31.8 Å². The lowest BCUT2D eigenvalue weighted by Gasteiger charge is -2.11. The quantitative estimate of drug-likeness (QED) is 0.525. The largest absolute Gasteiger partial charge is 0.309 e. The Hall–Kier alpha value is -1.78. The molecule has 0 radical (unpaired) electrons. The molecule has 2 rings (SSSR count). The highest BCUT2D eigenvalue weighted by Crippen LogP contribution is 2.19. The van der Waals surface area contributed by atoms with Crippen molar-refractivity contribution in [3.05, 3.63) is 56.9 Å². The molecule has 150 valence electrons. The highest BCUT2D eigenvalue weighted by molar-refractivity contribution is 7.10. The van der Waals surface area contributed by atoms with E-state index in [9.17, 15) is 4.39 Å². The van der Waals surface area contributed by atoms with E-state index in [2.05, 4.69) is 63.7 Å². The van der Waals surface area contributed by atoms with E-state index in [1.807, 2.05) is 25.2 Å². The van der Waals surface area contributed by atoms with Crippen LogP contribution < -0.4 is 9.75 Å². The van der Waals surface area contributed by atoms with Crippen molar-refractivity contribution in [2.75, 3.05) is 20.6 Å². The smallest absolute Gasteiger partial charge is 0.140 e. The predicted octanol–water partition coefficient (Wildman–Crippen LogP) is 5.20. The molecule has 0 atom stereocenters. The molecule has 1 aliphatic rings. The van der Waals surface area contributed by atoms with Gasteiger partial charge in [-0.3, -0.25) is 0 Å². The summed E-state index contributed by atoms with van der Waals surface area (Å²) in [5.41, 5.74) is 1.57. The maximum absolute atomic E-state index is 11.7. The summed E-state index contributed by atoms with van der Waals surface area (Å²) in [4.78, 5) is 3.84. The predicted molar refractivity (Wildman–Crippen MR) is 122 cm³/mol. The fourth-order valence-electron chi connectivity index (χ4n) is 2.57. The summed E-state index contributed by atoms with van der Waals surface area (Å²) in [7, 11) is 4.29. The van der Waals surface area contributed by atoms with E-state index in [0.717, 1.165) is 19.0 Å². The number of hydrogen-bond acceptors (Lipinski definition) is 3. The van der Waals surface area contributed by atoms with Gasteiger partial charge in [-0.1, -0.05) is 64.7 Å². The summed E-state index contributed by atoms with van der Waals surface area (Å²) in [6.45, 7) is 13.0. The minimum Gasteiger partial charge on any atom is -0.309 e. The molecule has 1 N–H and O–H groups in total. The highest BCUT2D eigenvalue weighted by Gasteiger charge is 2.13. The third-order valence-electron chi connectivity index (χ3n) is 3.71. The Kier molecular flexibility index (Phi) is 13.4. The van der Waals surface area contributed by atoms with Crippen molar-refractivity contribution in [1.29, 1.82) is 5.41 Å². The number of rotatable bonds is 6. The summed E-state index contributed by atoms with van der Waals surface area (Å²) in [5, 5.41) is 7.77. The van der Waals surface area contributed by atoms with E-state index < -0.39 is 5.83 Å². The molecule has 0 saturated carbocycles. The molecular weight excluding hydrogens is 355 g/mol. The third-order valence-corrected chi connectivity index (χ3v) is 4.98. The van der Waals surface area contributed by atoms with E-state index >= 15 is 0 Å². The second kappa shape index (κ2) is 14.3. The molecule has 0 saturated heterocycles. The number of nitrogens with zero attached hydrogens (tertiary/aromatic N) is 1. The van der Waals surface area contributed by atoms with Crippen LogP contribution in [0.3, 0.4) is 0 Å². The van der Waals surface area contributed by atoms with Gasteiger partial charge in [-0.25, -0.2) is 4.39 Å². The maximum atomic E-state index is 11.7. The normalized spacial score (nSPS) is 12.6. The Labute approximate surface area is 168 Å². The molecule has 0 fully saturated rings. The summed E-state index contributed by atoms with van der Waals surface area (Å²) < 4.78 is 13.1. The highest BCUT2D eigenvalue weighted by atomic mass is 32.1. The van der Waals surface area contributed by atoms with Crippen LogP contribution in [0.4, 0.5) is 4.39 Å². The first-order valence-corrected chi connectivity index (χ1v) is 10.3. The van der Waals surface area contributed by atoms with Crippen molar-refractivity contribution < 1.29 is 4.39 Å². The molecule has 2 nitrogen and oxygen atoms in total. The second-order valence-electron chi connectivity index (χ2n) is 6.39. The Balaban J connectivity index is 0.000000637. The van der Waals surface area contributed by atoms with Crippen LogP contribution in [0.15, 0.2) is 36.7 Å². The summed E-state index contributed by atoms with van der Waals surface area (Å²) in [6, 6.07) is 0. The molecule has 0 spiro atoms. The SMILES string of the molecule is C=C/C=C(/F)C=N.CC.CC(C)c1c(CCN(C)C)sc2c1=CC=CCC=2. The molecule has 0 unspecified atom stereocenters. The second-order valence-corrected chi connectivity index (χ2v) is 7.53. The Morgan fingerprint density at radius 1 is 1.37 bits per heavy atom. The first-order valence-electron chi connectivity index (χ1n) is 9.52. The zero-order chi connectivity index (χ0) is 20.8.